The highest BCUT2D eigenvalue weighted by atomic mass is 16.6. The Morgan fingerprint density at radius 1 is 1.23 bits per heavy atom. The van der Waals surface area contributed by atoms with Crippen LogP contribution in [0, 0.1) is 0 Å². The van der Waals surface area contributed by atoms with E-state index in [0.717, 1.165) is 0 Å². The van der Waals surface area contributed by atoms with Crippen LogP contribution in [0.3, 0.4) is 0 Å². The molecule has 0 bridgehead atoms. The molecule has 0 radical (unpaired) electrons. The van der Waals surface area contributed by atoms with Gasteiger partial charge in [0.05, 0.1) is 13.1 Å². The Hall–Kier alpha value is -3.61. The minimum Gasteiger partial charge on any atom is -0.546 e. The second kappa shape index (κ2) is 7.52. The highest BCUT2D eigenvalue weighted by Gasteiger charge is 2.24. The number of nitrogens with zero attached hydrogens (tertiary/aromatic N) is 1. The summed E-state index contributed by atoms with van der Waals surface area (Å²) < 4.78 is 15.5. The van der Waals surface area contributed by atoms with E-state index in [2.05, 4.69) is 4.99 Å². The molecule has 0 aliphatic carbocycles. The van der Waals surface area contributed by atoms with Gasteiger partial charge in [-0.1, -0.05) is 24.3 Å². The zero-order valence-corrected chi connectivity index (χ0v) is 13.8. The summed E-state index contributed by atoms with van der Waals surface area (Å²) in [5.74, 6) is -0.890. The van der Waals surface area contributed by atoms with E-state index in [4.69, 9.17) is 14.2 Å². The number of ether oxygens (including phenoxy) is 3. The fraction of sp³-hybridized carbons (Fsp3) is 0.105. The summed E-state index contributed by atoms with van der Waals surface area (Å²) in [4.78, 5) is 26.9. The highest BCUT2D eigenvalue weighted by Crippen LogP contribution is 2.25. The Morgan fingerprint density at radius 3 is 2.81 bits per heavy atom. The third-order valence-corrected chi connectivity index (χ3v) is 3.49. The van der Waals surface area contributed by atoms with Crippen molar-refractivity contribution < 1.29 is 28.9 Å². The van der Waals surface area contributed by atoms with Crippen LogP contribution in [0.2, 0.25) is 0 Å². The molecule has 3 rings (SSSR count). The summed E-state index contributed by atoms with van der Waals surface area (Å²) in [5, 5.41) is 10.6. The normalized spacial score (nSPS) is 14.7. The maximum absolute atomic E-state index is 12.1. The molecule has 0 atom stereocenters. The van der Waals surface area contributed by atoms with Crippen molar-refractivity contribution in [2.24, 2.45) is 4.99 Å². The van der Waals surface area contributed by atoms with E-state index in [0.29, 0.717) is 22.6 Å². The Balaban J connectivity index is 1.90. The van der Waals surface area contributed by atoms with Gasteiger partial charge >= 0.3 is 5.97 Å². The third kappa shape index (κ3) is 3.89. The number of benzene rings is 2. The lowest BCUT2D eigenvalue weighted by Crippen LogP contribution is -2.29. The van der Waals surface area contributed by atoms with Gasteiger partial charge in [0.2, 0.25) is 5.90 Å². The van der Waals surface area contributed by atoms with Gasteiger partial charge in [0.1, 0.15) is 18.1 Å². The Kier molecular flexibility index (Phi) is 4.98. The average Bonchev–Trinajstić information content (AvgIpc) is 3.01. The maximum Gasteiger partial charge on any atom is 0.363 e. The number of rotatable bonds is 6. The molecular weight excluding hydrogens is 338 g/mol. The summed E-state index contributed by atoms with van der Waals surface area (Å²) in [6.45, 7) is -0.594. The third-order valence-electron chi connectivity index (χ3n) is 3.49. The van der Waals surface area contributed by atoms with E-state index >= 15 is 0 Å². The summed E-state index contributed by atoms with van der Waals surface area (Å²) in [6.07, 6.45) is 1.47. The van der Waals surface area contributed by atoms with Gasteiger partial charge in [0.15, 0.2) is 5.70 Å². The first-order chi connectivity index (χ1) is 12.6. The highest BCUT2D eigenvalue weighted by molar-refractivity contribution is 6.13. The number of hydrogen-bond donors (Lipinski definition) is 0. The van der Waals surface area contributed by atoms with E-state index in [1.165, 1.54) is 13.2 Å². The number of carboxylic acid groups (broad SMARTS) is 1. The number of carboxylic acids is 1. The molecule has 1 heterocycles. The molecule has 0 unspecified atom stereocenters. The van der Waals surface area contributed by atoms with Gasteiger partial charge in [-0.2, -0.15) is 0 Å². The van der Waals surface area contributed by atoms with Crippen LogP contribution in [-0.2, 0) is 14.3 Å². The van der Waals surface area contributed by atoms with Crippen molar-refractivity contribution in [3.63, 3.8) is 0 Å². The predicted molar refractivity (Wildman–Crippen MR) is 90.5 cm³/mol. The van der Waals surface area contributed by atoms with Crippen LogP contribution in [0.5, 0.6) is 11.5 Å². The zero-order valence-electron chi connectivity index (χ0n) is 13.8. The zero-order chi connectivity index (χ0) is 18.5. The Bertz CT molecular complexity index is 916. The molecular formula is C19H14NO6-. The number of aliphatic imine (C=N–C) groups is 1. The van der Waals surface area contributed by atoms with E-state index in [1.54, 1.807) is 48.5 Å². The van der Waals surface area contributed by atoms with Crippen molar-refractivity contribution in [2.75, 3.05) is 13.7 Å². The van der Waals surface area contributed by atoms with Crippen LogP contribution in [0.15, 0.2) is 59.2 Å². The average molecular weight is 352 g/mol. The molecule has 7 nitrogen and oxygen atoms in total. The van der Waals surface area contributed by atoms with Crippen molar-refractivity contribution >= 4 is 23.9 Å². The van der Waals surface area contributed by atoms with Crippen molar-refractivity contribution in [1.82, 2.24) is 0 Å². The smallest absolute Gasteiger partial charge is 0.363 e. The van der Waals surface area contributed by atoms with Crippen LogP contribution in [-0.4, -0.2) is 31.6 Å². The van der Waals surface area contributed by atoms with Crippen molar-refractivity contribution in [1.29, 1.82) is 0 Å². The first-order valence-electron chi connectivity index (χ1n) is 7.65. The molecule has 2 aromatic carbocycles. The molecule has 0 spiro atoms. The van der Waals surface area contributed by atoms with Crippen molar-refractivity contribution in [2.45, 2.75) is 0 Å². The number of para-hydroxylation sites is 1. The molecule has 2 aromatic rings. The van der Waals surface area contributed by atoms with Crippen LogP contribution in [0.4, 0.5) is 0 Å². The lowest BCUT2D eigenvalue weighted by molar-refractivity contribution is -0.307. The predicted octanol–water partition coefficient (Wildman–Crippen LogP) is 1.17. The first kappa shape index (κ1) is 17.2. The molecule has 1 aliphatic rings. The van der Waals surface area contributed by atoms with Gasteiger partial charge in [-0.3, -0.25) is 0 Å². The molecule has 0 saturated heterocycles. The Labute approximate surface area is 149 Å². The molecule has 26 heavy (non-hydrogen) atoms. The van der Waals surface area contributed by atoms with E-state index in [9.17, 15) is 14.7 Å². The minimum absolute atomic E-state index is 0.0762. The van der Waals surface area contributed by atoms with Crippen LogP contribution in [0.25, 0.3) is 6.08 Å². The summed E-state index contributed by atoms with van der Waals surface area (Å²) in [5.41, 5.74) is 1.17. The molecule has 7 heteroatoms. The second-order valence-electron chi connectivity index (χ2n) is 5.27. The fourth-order valence-corrected chi connectivity index (χ4v) is 2.30. The molecule has 1 aliphatic heterocycles. The number of cyclic esters (lactones) is 1. The SMILES string of the molecule is COc1cccc(C2=N/C(=C\c3ccccc3OCC(=O)[O-])C(=O)O2)c1. The molecule has 0 amide bonds. The molecule has 0 aromatic heterocycles. The van der Waals surface area contributed by atoms with Gasteiger partial charge < -0.3 is 24.1 Å². The first-order valence-corrected chi connectivity index (χ1v) is 7.65. The lowest BCUT2D eigenvalue weighted by Gasteiger charge is -2.09. The van der Waals surface area contributed by atoms with Gasteiger partial charge in [-0.15, -0.1) is 0 Å². The summed E-state index contributed by atoms with van der Waals surface area (Å²) in [6, 6.07) is 13.6. The minimum atomic E-state index is -1.34. The largest absolute Gasteiger partial charge is 0.546 e. The van der Waals surface area contributed by atoms with Crippen LogP contribution < -0.4 is 14.6 Å². The van der Waals surface area contributed by atoms with Crippen molar-refractivity contribution in [3.05, 3.63) is 65.4 Å². The molecule has 0 saturated carbocycles. The quantitative estimate of drug-likeness (QED) is 0.572. The molecule has 132 valence electrons. The monoisotopic (exact) mass is 352 g/mol. The number of aliphatic carboxylic acids is 1. The number of hydrogen-bond acceptors (Lipinski definition) is 7. The van der Waals surface area contributed by atoms with Crippen LogP contribution in [0.1, 0.15) is 11.1 Å². The number of methoxy groups -OCH3 is 1. The summed E-state index contributed by atoms with van der Waals surface area (Å²) in [7, 11) is 1.54. The summed E-state index contributed by atoms with van der Waals surface area (Å²) >= 11 is 0. The van der Waals surface area contributed by atoms with E-state index < -0.39 is 18.5 Å². The van der Waals surface area contributed by atoms with Gasteiger partial charge in [0.25, 0.3) is 0 Å². The van der Waals surface area contributed by atoms with Crippen LogP contribution >= 0.6 is 0 Å². The Morgan fingerprint density at radius 2 is 2.04 bits per heavy atom. The van der Waals surface area contributed by atoms with E-state index in [1.807, 2.05) is 0 Å². The van der Waals surface area contributed by atoms with Crippen molar-refractivity contribution in [3.8, 4) is 11.5 Å². The number of esters is 1. The fourth-order valence-electron chi connectivity index (χ4n) is 2.30. The van der Waals surface area contributed by atoms with E-state index in [-0.39, 0.29) is 11.6 Å². The maximum atomic E-state index is 12.1. The topological polar surface area (TPSA) is 97.3 Å². The molecule has 0 N–H and O–H groups in total. The number of carbonyl (C=O) groups excluding carboxylic acids is 2. The van der Waals surface area contributed by atoms with Gasteiger partial charge in [-0.05, 0) is 30.3 Å². The van der Waals surface area contributed by atoms with Gasteiger partial charge in [-0.25, -0.2) is 9.79 Å². The number of carbonyl (C=O) groups is 2. The molecule has 0 fully saturated rings. The standard InChI is InChI=1S/C19H15NO6/c1-24-14-7-4-6-13(9-14)18-20-15(19(23)26-18)10-12-5-2-3-8-16(12)25-11-17(21)22/h2-10H,11H2,1H3,(H,21,22)/p-1/b15-10-. The lowest BCUT2D eigenvalue weighted by atomic mass is 10.1. The second-order valence-corrected chi connectivity index (χ2v) is 5.27. The van der Waals surface area contributed by atoms with Gasteiger partial charge in [0, 0.05) is 11.1 Å².